The Labute approximate surface area is 142 Å². The van der Waals surface area contributed by atoms with Gasteiger partial charge in [0.05, 0.1) is 18.0 Å². The molecule has 1 N–H and O–H groups in total. The summed E-state index contributed by atoms with van der Waals surface area (Å²) in [5.41, 5.74) is 0.0536. The molecule has 1 amide bonds. The number of benzene rings is 1. The molecule has 1 aromatic carbocycles. The van der Waals surface area contributed by atoms with Crippen LogP contribution in [0.25, 0.3) is 0 Å². The number of hydrogen-bond acceptors (Lipinski definition) is 6. The number of rotatable bonds is 4. The van der Waals surface area contributed by atoms with Crippen molar-refractivity contribution in [2.45, 2.75) is 18.9 Å². The SMILES string of the molecule is CS(=O)(=O)N1CCCC1c1nnc(C(=O)Nc2ccccc2F)s1. The van der Waals surface area contributed by atoms with Crippen molar-refractivity contribution < 1.29 is 17.6 Å². The first-order chi connectivity index (χ1) is 11.4. The summed E-state index contributed by atoms with van der Waals surface area (Å²) >= 11 is 1.02. The summed E-state index contributed by atoms with van der Waals surface area (Å²) in [7, 11) is -3.34. The number of nitrogens with one attached hydrogen (secondary N) is 1. The maximum Gasteiger partial charge on any atom is 0.286 e. The fourth-order valence-corrected chi connectivity index (χ4v) is 4.66. The highest BCUT2D eigenvalue weighted by Gasteiger charge is 2.35. The zero-order chi connectivity index (χ0) is 17.3. The van der Waals surface area contributed by atoms with Gasteiger partial charge >= 0.3 is 0 Å². The summed E-state index contributed by atoms with van der Waals surface area (Å²) in [5.74, 6) is -1.12. The van der Waals surface area contributed by atoms with Gasteiger partial charge in [0.25, 0.3) is 5.91 Å². The van der Waals surface area contributed by atoms with Crippen LogP contribution >= 0.6 is 11.3 Å². The van der Waals surface area contributed by atoms with Gasteiger partial charge in [-0.15, -0.1) is 10.2 Å². The second kappa shape index (κ2) is 6.54. The van der Waals surface area contributed by atoms with E-state index in [1.54, 1.807) is 6.07 Å². The highest BCUT2D eigenvalue weighted by atomic mass is 32.2. The van der Waals surface area contributed by atoms with Crippen LogP contribution in [0.5, 0.6) is 0 Å². The van der Waals surface area contributed by atoms with Gasteiger partial charge in [-0.25, -0.2) is 12.8 Å². The molecule has 1 aliphatic heterocycles. The van der Waals surface area contributed by atoms with E-state index in [0.717, 1.165) is 24.0 Å². The average molecular weight is 370 g/mol. The summed E-state index contributed by atoms with van der Waals surface area (Å²) in [5, 5.41) is 10.7. The molecular weight excluding hydrogens is 355 g/mol. The predicted molar refractivity (Wildman–Crippen MR) is 87.8 cm³/mol. The predicted octanol–water partition coefficient (Wildman–Crippen LogP) is 2.03. The van der Waals surface area contributed by atoms with Crippen molar-refractivity contribution in [1.82, 2.24) is 14.5 Å². The second-order valence-electron chi connectivity index (χ2n) is 5.41. The molecule has 1 unspecified atom stereocenters. The van der Waals surface area contributed by atoms with E-state index in [1.165, 1.54) is 22.5 Å². The van der Waals surface area contributed by atoms with E-state index in [0.29, 0.717) is 18.0 Å². The molecule has 1 saturated heterocycles. The zero-order valence-electron chi connectivity index (χ0n) is 12.8. The first-order valence-corrected chi connectivity index (χ1v) is 9.89. The van der Waals surface area contributed by atoms with E-state index in [-0.39, 0.29) is 10.7 Å². The standard InChI is InChI=1S/C14H15FN4O3S2/c1-24(21,22)19-8-4-7-11(19)13-17-18-14(23-13)12(20)16-10-6-3-2-5-9(10)15/h2-3,5-6,11H,4,7-8H2,1H3,(H,16,20). The highest BCUT2D eigenvalue weighted by Crippen LogP contribution is 2.35. The fourth-order valence-electron chi connectivity index (χ4n) is 2.58. The Morgan fingerprint density at radius 2 is 2.12 bits per heavy atom. The first-order valence-electron chi connectivity index (χ1n) is 7.22. The molecule has 128 valence electrons. The number of amides is 1. The van der Waals surface area contributed by atoms with Crippen LogP contribution in [0.2, 0.25) is 0 Å². The smallest absolute Gasteiger partial charge is 0.286 e. The van der Waals surface area contributed by atoms with Crippen molar-refractivity contribution in [1.29, 1.82) is 0 Å². The first kappa shape index (κ1) is 16.9. The van der Waals surface area contributed by atoms with Gasteiger partial charge in [-0.2, -0.15) is 4.31 Å². The van der Waals surface area contributed by atoms with Gasteiger partial charge in [-0.05, 0) is 25.0 Å². The number of sulfonamides is 1. The molecule has 0 bridgehead atoms. The van der Waals surface area contributed by atoms with E-state index in [4.69, 9.17) is 0 Å². The van der Waals surface area contributed by atoms with Gasteiger partial charge in [-0.3, -0.25) is 4.79 Å². The lowest BCUT2D eigenvalue weighted by molar-refractivity contribution is 0.102. The van der Waals surface area contributed by atoms with E-state index >= 15 is 0 Å². The molecule has 1 aromatic heterocycles. The summed E-state index contributed by atoms with van der Waals surface area (Å²) in [6, 6.07) is 5.41. The normalized spacial score (nSPS) is 18.7. The third kappa shape index (κ3) is 3.45. The number of anilines is 1. The second-order valence-corrected chi connectivity index (χ2v) is 8.36. The van der Waals surface area contributed by atoms with Gasteiger partial charge in [0.2, 0.25) is 15.0 Å². The Balaban J connectivity index is 1.78. The highest BCUT2D eigenvalue weighted by molar-refractivity contribution is 7.88. The van der Waals surface area contributed by atoms with Gasteiger partial charge in [0, 0.05) is 6.54 Å². The van der Waals surface area contributed by atoms with Crippen LogP contribution in [-0.4, -0.2) is 41.6 Å². The number of aromatic nitrogens is 2. The molecule has 1 aliphatic rings. The number of hydrogen-bond donors (Lipinski definition) is 1. The average Bonchev–Trinajstić information content (AvgIpc) is 3.17. The third-order valence-electron chi connectivity index (χ3n) is 3.67. The number of carbonyl (C=O) groups excluding carboxylic acids is 1. The molecular formula is C14H15FN4O3S2. The quantitative estimate of drug-likeness (QED) is 0.889. The van der Waals surface area contributed by atoms with Crippen molar-refractivity contribution in [3.8, 4) is 0 Å². The molecule has 10 heteroatoms. The van der Waals surface area contributed by atoms with Crippen molar-refractivity contribution in [3.63, 3.8) is 0 Å². The van der Waals surface area contributed by atoms with E-state index in [1.807, 2.05) is 0 Å². The lowest BCUT2D eigenvalue weighted by Gasteiger charge is -2.19. The van der Waals surface area contributed by atoms with E-state index in [2.05, 4.69) is 15.5 Å². The molecule has 2 aromatic rings. The Morgan fingerprint density at radius 3 is 2.83 bits per heavy atom. The van der Waals surface area contributed by atoms with Crippen LogP contribution < -0.4 is 5.32 Å². The van der Waals surface area contributed by atoms with Gasteiger partial charge in [0.1, 0.15) is 10.8 Å². The Bertz CT molecular complexity index is 868. The minimum absolute atomic E-state index is 0.0536. The monoisotopic (exact) mass is 370 g/mol. The molecule has 3 rings (SSSR count). The minimum Gasteiger partial charge on any atom is -0.317 e. The van der Waals surface area contributed by atoms with Crippen molar-refractivity contribution in [3.05, 3.63) is 40.1 Å². The number of para-hydroxylation sites is 1. The summed E-state index contributed by atoms with van der Waals surface area (Å²) in [6.45, 7) is 0.430. The molecule has 0 radical (unpaired) electrons. The number of nitrogens with zero attached hydrogens (tertiary/aromatic N) is 3. The van der Waals surface area contributed by atoms with Crippen molar-refractivity contribution in [2.24, 2.45) is 0 Å². The number of halogens is 1. The minimum atomic E-state index is -3.34. The van der Waals surface area contributed by atoms with Crippen molar-refractivity contribution in [2.75, 3.05) is 18.1 Å². The van der Waals surface area contributed by atoms with Crippen LogP contribution in [0.3, 0.4) is 0 Å². The molecule has 0 spiro atoms. The summed E-state index contributed by atoms with van der Waals surface area (Å²) in [6.07, 6.45) is 2.52. The van der Waals surface area contributed by atoms with Gasteiger partial charge < -0.3 is 5.32 Å². The molecule has 1 atom stereocenters. The molecule has 7 nitrogen and oxygen atoms in total. The maximum atomic E-state index is 13.6. The Hall–Kier alpha value is -1.91. The van der Waals surface area contributed by atoms with Crippen LogP contribution in [-0.2, 0) is 10.0 Å². The molecule has 2 heterocycles. The zero-order valence-corrected chi connectivity index (χ0v) is 14.4. The van der Waals surface area contributed by atoms with Crippen molar-refractivity contribution >= 4 is 33.0 Å². The summed E-state index contributed by atoms with van der Waals surface area (Å²) < 4.78 is 38.5. The van der Waals surface area contributed by atoms with Crippen LogP contribution in [0.4, 0.5) is 10.1 Å². The molecule has 1 fully saturated rings. The number of carbonyl (C=O) groups is 1. The van der Waals surface area contributed by atoms with Crippen LogP contribution in [0.15, 0.2) is 24.3 Å². The topological polar surface area (TPSA) is 92.3 Å². The van der Waals surface area contributed by atoms with Gasteiger partial charge in [-0.1, -0.05) is 23.5 Å². The lowest BCUT2D eigenvalue weighted by atomic mass is 10.2. The van der Waals surface area contributed by atoms with E-state index < -0.39 is 27.8 Å². The van der Waals surface area contributed by atoms with Crippen LogP contribution in [0, 0.1) is 5.82 Å². The Morgan fingerprint density at radius 1 is 1.38 bits per heavy atom. The summed E-state index contributed by atoms with van der Waals surface area (Å²) in [4.78, 5) is 12.2. The van der Waals surface area contributed by atoms with Gasteiger partial charge in [0.15, 0.2) is 0 Å². The Kier molecular flexibility index (Phi) is 4.61. The molecule has 0 aliphatic carbocycles. The lowest BCUT2D eigenvalue weighted by Crippen LogP contribution is -2.29. The fraction of sp³-hybridized carbons (Fsp3) is 0.357. The van der Waals surface area contributed by atoms with E-state index in [9.17, 15) is 17.6 Å². The maximum absolute atomic E-state index is 13.6. The molecule has 24 heavy (non-hydrogen) atoms. The molecule has 0 saturated carbocycles. The largest absolute Gasteiger partial charge is 0.317 e. The third-order valence-corrected chi connectivity index (χ3v) is 5.98. The van der Waals surface area contributed by atoms with Crippen LogP contribution in [0.1, 0.15) is 33.7 Å².